The molecule has 0 aliphatic carbocycles. The van der Waals surface area contributed by atoms with Crippen LogP contribution >= 0.6 is 0 Å². The highest BCUT2D eigenvalue weighted by Crippen LogP contribution is 2.42. The van der Waals surface area contributed by atoms with Crippen LogP contribution < -0.4 is 4.74 Å². The van der Waals surface area contributed by atoms with Crippen LogP contribution in [0.5, 0.6) is 5.75 Å². The zero-order chi connectivity index (χ0) is 19.8. The molecule has 1 amide bonds. The number of benzene rings is 3. The molecule has 3 aromatic rings. The molecule has 1 spiro atoms. The zero-order valence-electron chi connectivity index (χ0n) is 16.3. The molecule has 0 atom stereocenters. The average Bonchev–Trinajstić information content (AvgIpc) is 2.74. The van der Waals surface area contributed by atoms with Crippen molar-refractivity contribution in [2.24, 2.45) is 0 Å². The number of Topliss-reactive ketones (excluding diaryl/α,β-unsaturated/α-hetero) is 1. The van der Waals surface area contributed by atoms with Gasteiger partial charge in [-0.1, -0.05) is 60.7 Å². The van der Waals surface area contributed by atoms with E-state index < -0.39 is 5.60 Å². The molecule has 29 heavy (non-hydrogen) atoms. The molecule has 3 aromatic carbocycles. The average molecular weight is 385 g/mol. The Morgan fingerprint density at radius 2 is 1.66 bits per heavy atom. The molecule has 2 heterocycles. The Morgan fingerprint density at radius 1 is 0.931 bits per heavy atom. The summed E-state index contributed by atoms with van der Waals surface area (Å²) in [6, 6.07) is 21.7. The number of carbonyl (C=O) groups excluding carboxylic acids is 2. The summed E-state index contributed by atoms with van der Waals surface area (Å²) >= 11 is 0. The van der Waals surface area contributed by atoms with Gasteiger partial charge in [-0.25, -0.2) is 0 Å². The van der Waals surface area contributed by atoms with Crippen LogP contribution in [0.25, 0.3) is 10.8 Å². The monoisotopic (exact) mass is 385 g/mol. The minimum Gasteiger partial charge on any atom is -0.486 e. The van der Waals surface area contributed by atoms with E-state index >= 15 is 0 Å². The molecule has 2 aliphatic heterocycles. The first-order chi connectivity index (χ1) is 14.1. The number of fused-ring (bicyclic) bond motifs is 3. The van der Waals surface area contributed by atoms with Crippen LogP contribution in [-0.4, -0.2) is 35.3 Å². The van der Waals surface area contributed by atoms with Gasteiger partial charge in [-0.3, -0.25) is 9.59 Å². The molecule has 2 aliphatic rings. The van der Waals surface area contributed by atoms with Gasteiger partial charge in [0.15, 0.2) is 5.78 Å². The highest BCUT2D eigenvalue weighted by molar-refractivity contribution is 6.11. The molecule has 0 radical (unpaired) electrons. The smallest absolute Gasteiger partial charge is 0.226 e. The summed E-state index contributed by atoms with van der Waals surface area (Å²) in [5, 5.41) is 2.01. The van der Waals surface area contributed by atoms with E-state index in [1.807, 2.05) is 71.6 Å². The Kier molecular flexibility index (Phi) is 4.35. The summed E-state index contributed by atoms with van der Waals surface area (Å²) in [4.78, 5) is 27.6. The molecule has 0 unspecified atom stereocenters. The summed E-state index contributed by atoms with van der Waals surface area (Å²) in [7, 11) is 0. The predicted octanol–water partition coefficient (Wildman–Crippen LogP) is 4.41. The van der Waals surface area contributed by atoms with Gasteiger partial charge >= 0.3 is 0 Å². The van der Waals surface area contributed by atoms with Crippen molar-refractivity contribution in [1.82, 2.24) is 4.90 Å². The van der Waals surface area contributed by atoms with Gasteiger partial charge in [-0.15, -0.1) is 0 Å². The van der Waals surface area contributed by atoms with E-state index in [1.54, 1.807) is 0 Å². The number of nitrogens with zero attached hydrogens (tertiary/aromatic N) is 1. The van der Waals surface area contributed by atoms with E-state index in [0.717, 1.165) is 16.3 Å². The van der Waals surface area contributed by atoms with Crippen LogP contribution in [0.15, 0.2) is 66.7 Å². The number of hydrogen-bond donors (Lipinski definition) is 0. The first-order valence-corrected chi connectivity index (χ1v) is 10.2. The van der Waals surface area contributed by atoms with Crippen LogP contribution in [0.1, 0.15) is 35.2 Å². The molecule has 5 rings (SSSR count). The van der Waals surface area contributed by atoms with Crippen LogP contribution in [0.2, 0.25) is 0 Å². The highest BCUT2D eigenvalue weighted by atomic mass is 16.5. The maximum absolute atomic E-state index is 13.1. The third-order valence-corrected chi connectivity index (χ3v) is 6.20. The largest absolute Gasteiger partial charge is 0.486 e. The van der Waals surface area contributed by atoms with Crippen molar-refractivity contribution in [3.8, 4) is 5.75 Å². The first-order valence-electron chi connectivity index (χ1n) is 10.2. The molecule has 1 saturated heterocycles. The van der Waals surface area contributed by atoms with Gasteiger partial charge in [-0.2, -0.15) is 0 Å². The summed E-state index contributed by atoms with van der Waals surface area (Å²) in [6.45, 7) is 1.25. The maximum Gasteiger partial charge on any atom is 0.226 e. The van der Waals surface area contributed by atoms with Crippen molar-refractivity contribution in [3.05, 3.63) is 77.9 Å². The molecular formula is C25H23NO3. The first kappa shape index (κ1) is 17.9. The zero-order valence-corrected chi connectivity index (χ0v) is 16.3. The normalized spacial score (nSPS) is 17.8. The number of piperidine rings is 1. The second-order valence-corrected chi connectivity index (χ2v) is 8.09. The molecule has 0 bridgehead atoms. The molecule has 4 heteroatoms. The van der Waals surface area contributed by atoms with Gasteiger partial charge in [0.1, 0.15) is 11.4 Å². The summed E-state index contributed by atoms with van der Waals surface area (Å²) in [5.41, 5.74) is 1.25. The van der Waals surface area contributed by atoms with Crippen LogP contribution in [-0.2, 0) is 11.2 Å². The number of rotatable bonds is 2. The fourth-order valence-electron chi connectivity index (χ4n) is 4.60. The van der Waals surface area contributed by atoms with E-state index in [1.165, 1.54) is 0 Å². The fraction of sp³-hybridized carbons (Fsp3) is 0.280. The minimum atomic E-state index is -0.490. The van der Waals surface area contributed by atoms with Crippen molar-refractivity contribution in [2.45, 2.75) is 31.3 Å². The van der Waals surface area contributed by atoms with Gasteiger partial charge in [0.25, 0.3) is 0 Å². The lowest BCUT2D eigenvalue weighted by Crippen LogP contribution is -2.52. The van der Waals surface area contributed by atoms with Gasteiger partial charge in [0.2, 0.25) is 5.91 Å². The lowest BCUT2D eigenvalue weighted by molar-refractivity contribution is -0.134. The van der Waals surface area contributed by atoms with Crippen molar-refractivity contribution < 1.29 is 14.3 Å². The third-order valence-electron chi connectivity index (χ3n) is 6.20. The van der Waals surface area contributed by atoms with Crippen molar-refractivity contribution >= 4 is 22.5 Å². The molecular weight excluding hydrogens is 362 g/mol. The molecule has 146 valence electrons. The van der Waals surface area contributed by atoms with Crippen LogP contribution in [0.4, 0.5) is 0 Å². The van der Waals surface area contributed by atoms with Crippen molar-refractivity contribution in [2.75, 3.05) is 13.1 Å². The molecule has 0 saturated carbocycles. The van der Waals surface area contributed by atoms with Gasteiger partial charge < -0.3 is 9.64 Å². The Morgan fingerprint density at radius 3 is 2.45 bits per heavy atom. The standard InChI is InChI=1S/C25H23NO3/c27-21-17-25(29-22-11-10-19-8-4-5-9-20(19)24(21)22)12-14-26(15-13-25)23(28)16-18-6-2-1-3-7-18/h1-11H,12-17H2. The van der Waals surface area contributed by atoms with Crippen molar-refractivity contribution in [1.29, 1.82) is 0 Å². The number of ether oxygens (including phenoxy) is 1. The summed E-state index contributed by atoms with van der Waals surface area (Å²) < 4.78 is 6.43. The van der Waals surface area contributed by atoms with Gasteiger partial charge in [0, 0.05) is 25.9 Å². The van der Waals surface area contributed by atoms with Gasteiger partial charge in [0.05, 0.1) is 18.4 Å². The number of carbonyl (C=O) groups is 2. The van der Waals surface area contributed by atoms with E-state index in [0.29, 0.717) is 50.1 Å². The van der Waals surface area contributed by atoms with Gasteiger partial charge in [-0.05, 0) is 22.4 Å². The summed E-state index contributed by atoms with van der Waals surface area (Å²) in [6.07, 6.45) is 2.17. The maximum atomic E-state index is 13.1. The highest BCUT2D eigenvalue weighted by Gasteiger charge is 2.44. The predicted molar refractivity (Wildman–Crippen MR) is 112 cm³/mol. The molecule has 0 N–H and O–H groups in total. The molecule has 1 fully saturated rings. The minimum absolute atomic E-state index is 0.139. The summed E-state index contributed by atoms with van der Waals surface area (Å²) in [5.74, 6) is 0.968. The Bertz CT molecular complexity index is 1080. The number of likely N-dealkylation sites (tertiary alicyclic amines) is 1. The SMILES string of the molecule is O=C1CC2(CCN(C(=O)Cc3ccccc3)CC2)Oc2ccc3ccccc3c21. The number of ketones is 1. The van der Waals surface area contributed by atoms with Crippen LogP contribution in [0.3, 0.4) is 0 Å². The fourth-order valence-corrected chi connectivity index (χ4v) is 4.60. The Hall–Kier alpha value is -3.14. The van der Waals surface area contributed by atoms with E-state index in [2.05, 4.69) is 0 Å². The third kappa shape index (κ3) is 3.29. The molecule has 4 nitrogen and oxygen atoms in total. The second-order valence-electron chi connectivity index (χ2n) is 8.09. The number of hydrogen-bond acceptors (Lipinski definition) is 3. The molecule has 0 aromatic heterocycles. The lowest BCUT2D eigenvalue weighted by Gasteiger charge is -2.44. The van der Waals surface area contributed by atoms with E-state index in [-0.39, 0.29) is 11.7 Å². The second kappa shape index (κ2) is 7.03. The quantitative estimate of drug-likeness (QED) is 0.656. The Balaban J connectivity index is 1.32. The van der Waals surface area contributed by atoms with Crippen LogP contribution in [0, 0.1) is 0 Å². The Labute approximate surface area is 170 Å². The van der Waals surface area contributed by atoms with E-state index in [4.69, 9.17) is 4.74 Å². The van der Waals surface area contributed by atoms with Crippen molar-refractivity contribution in [3.63, 3.8) is 0 Å². The number of amides is 1. The lowest BCUT2D eigenvalue weighted by atomic mass is 9.81. The topological polar surface area (TPSA) is 46.6 Å². The van der Waals surface area contributed by atoms with E-state index in [9.17, 15) is 9.59 Å².